The summed E-state index contributed by atoms with van der Waals surface area (Å²) in [6.45, 7) is 0. The smallest absolute Gasteiger partial charge is 0.124 e. The van der Waals surface area contributed by atoms with E-state index in [0.717, 1.165) is 10.6 Å². The Morgan fingerprint density at radius 3 is 2.50 bits per heavy atom. The predicted molar refractivity (Wildman–Crippen MR) is 93.9 cm³/mol. The van der Waals surface area contributed by atoms with Gasteiger partial charge in [-0.15, -0.1) is 11.8 Å². The van der Waals surface area contributed by atoms with Crippen LogP contribution in [-0.2, 0) is 0 Å². The molecule has 1 nitrogen and oxygen atoms in total. The van der Waals surface area contributed by atoms with Crippen molar-refractivity contribution >= 4 is 57.5 Å². The molecule has 0 radical (unpaired) electrons. The molecule has 0 atom stereocenters. The first-order chi connectivity index (χ1) is 10.5. The molecule has 0 fully saturated rings. The predicted octanol–water partition coefficient (Wildman–Crippen LogP) is 6.72. The van der Waals surface area contributed by atoms with Crippen LogP contribution in [0.15, 0.2) is 41.4 Å². The van der Waals surface area contributed by atoms with Gasteiger partial charge in [0, 0.05) is 21.5 Å². The van der Waals surface area contributed by atoms with Gasteiger partial charge in [0.2, 0.25) is 0 Å². The van der Waals surface area contributed by atoms with Crippen LogP contribution in [0.25, 0.3) is 22.0 Å². The molecule has 112 valence electrons. The van der Waals surface area contributed by atoms with E-state index < -0.39 is 0 Å². The van der Waals surface area contributed by atoms with E-state index in [9.17, 15) is 4.39 Å². The van der Waals surface area contributed by atoms with Gasteiger partial charge in [-0.25, -0.2) is 9.37 Å². The summed E-state index contributed by atoms with van der Waals surface area (Å²) >= 11 is 20.2. The number of halogens is 4. The molecule has 1 aromatic heterocycles. The maximum Gasteiger partial charge on any atom is 0.124 e. The summed E-state index contributed by atoms with van der Waals surface area (Å²) in [4.78, 5) is 4.56. The lowest BCUT2D eigenvalue weighted by atomic mass is 10.0. The maximum absolute atomic E-state index is 13.5. The van der Waals surface area contributed by atoms with Gasteiger partial charge in [0.25, 0.3) is 0 Å². The van der Waals surface area contributed by atoms with Crippen molar-refractivity contribution in [3.05, 3.63) is 57.3 Å². The van der Waals surface area contributed by atoms with Crippen LogP contribution in [0, 0.1) is 5.82 Å². The standard InChI is InChI=1S/C16H9Cl3FNS/c1-22-16-14(10-4-2-8(17)6-12(10)18)15(19)11-7-9(20)3-5-13(11)21-16/h2-7H,1H3. The van der Waals surface area contributed by atoms with Crippen LogP contribution >= 0.6 is 46.6 Å². The quantitative estimate of drug-likeness (QED) is 0.463. The zero-order chi connectivity index (χ0) is 15.9. The maximum atomic E-state index is 13.5. The Morgan fingerprint density at radius 2 is 1.82 bits per heavy atom. The fraction of sp³-hybridized carbons (Fsp3) is 0.0625. The van der Waals surface area contributed by atoms with Crippen LogP contribution in [0.1, 0.15) is 0 Å². The number of rotatable bonds is 2. The molecule has 0 spiro atoms. The third kappa shape index (κ3) is 2.79. The SMILES string of the molecule is CSc1nc2ccc(F)cc2c(Cl)c1-c1ccc(Cl)cc1Cl. The molecule has 6 heteroatoms. The molecule has 22 heavy (non-hydrogen) atoms. The van der Waals surface area contributed by atoms with E-state index in [1.165, 1.54) is 23.9 Å². The number of thioether (sulfide) groups is 1. The van der Waals surface area contributed by atoms with Crippen LogP contribution in [0.5, 0.6) is 0 Å². The average molecular weight is 373 g/mol. The van der Waals surface area contributed by atoms with Crippen LogP contribution in [0.3, 0.4) is 0 Å². The van der Waals surface area contributed by atoms with Crippen LogP contribution < -0.4 is 0 Å². The van der Waals surface area contributed by atoms with Gasteiger partial charge >= 0.3 is 0 Å². The van der Waals surface area contributed by atoms with Crippen molar-refractivity contribution in [2.75, 3.05) is 6.26 Å². The van der Waals surface area contributed by atoms with E-state index in [-0.39, 0.29) is 5.82 Å². The number of hydrogen-bond acceptors (Lipinski definition) is 2. The summed E-state index contributed by atoms with van der Waals surface area (Å²) in [6.07, 6.45) is 1.90. The minimum absolute atomic E-state index is 0.360. The molecule has 3 rings (SSSR count). The first-order valence-corrected chi connectivity index (χ1v) is 8.65. The molecule has 3 aromatic rings. The first-order valence-electron chi connectivity index (χ1n) is 6.29. The molecule has 1 heterocycles. The van der Waals surface area contributed by atoms with Gasteiger partial charge in [0.1, 0.15) is 10.8 Å². The number of hydrogen-bond donors (Lipinski definition) is 0. The lowest BCUT2D eigenvalue weighted by Gasteiger charge is -2.13. The van der Waals surface area contributed by atoms with E-state index in [0.29, 0.717) is 31.5 Å². The Kier molecular flexibility index (Phi) is 4.51. The van der Waals surface area contributed by atoms with E-state index in [4.69, 9.17) is 34.8 Å². The van der Waals surface area contributed by atoms with Crippen LogP contribution in [0.2, 0.25) is 15.1 Å². The van der Waals surface area contributed by atoms with Crippen molar-refractivity contribution in [2.45, 2.75) is 5.03 Å². The number of fused-ring (bicyclic) bond motifs is 1. The van der Waals surface area contributed by atoms with Crippen molar-refractivity contribution in [1.82, 2.24) is 4.98 Å². The van der Waals surface area contributed by atoms with Gasteiger partial charge in [-0.3, -0.25) is 0 Å². The van der Waals surface area contributed by atoms with Crippen molar-refractivity contribution < 1.29 is 4.39 Å². The van der Waals surface area contributed by atoms with E-state index in [1.807, 2.05) is 6.26 Å². The molecular weight excluding hydrogens is 364 g/mol. The van der Waals surface area contributed by atoms with Crippen molar-refractivity contribution in [2.24, 2.45) is 0 Å². The number of nitrogens with zero attached hydrogens (tertiary/aromatic N) is 1. The molecule has 0 amide bonds. The summed E-state index contributed by atoms with van der Waals surface area (Å²) in [6, 6.07) is 9.53. The Balaban J connectivity index is 2.38. The highest BCUT2D eigenvalue weighted by molar-refractivity contribution is 7.98. The third-order valence-corrected chi connectivity index (χ3v) is 4.87. The molecule has 0 saturated heterocycles. The summed E-state index contributed by atoms with van der Waals surface area (Å²) < 4.78 is 13.5. The summed E-state index contributed by atoms with van der Waals surface area (Å²) in [5.41, 5.74) is 2.05. The fourth-order valence-corrected chi connectivity index (χ4v) is 3.76. The van der Waals surface area contributed by atoms with Crippen molar-refractivity contribution in [3.8, 4) is 11.1 Å². The highest BCUT2D eigenvalue weighted by Crippen LogP contribution is 2.42. The normalized spacial score (nSPS) is 11.1. The van der Waals surface area contributed by atoms with E-state index >= 15 is 0 Å². The van der Waals surface area contributed by atoms with Crippen molar-refractivity contribution in [1.29, 1.82) is 0 Å². The second-order valence-electron chi connectivity index (χ2n) is 4.60. The summed E-state index contributed by atoms with van der Waals surface area (Å²) in [7, 11) is 0. The van der Waals surface area contributed by atoms with Gasteiger partial charge in [0.15, 0.2) is 0 Å². The molecule has 0 bridgehead atoms. The summed E-state index contributed by atoms with van der Waals surface area (Å²) in [5, 5.41) is 2.73. The van der Waals surface area contributed by atoms with Gasteiger partial charge < -0.3 is 0 Å². The highest BCUT2D eigenvalue weighted by atomic mass is 35.5. The minimum Gasteiger partial charge on any atom is -0.241 e. The summed E-state index contributed by atoms with van der Waals surface area (Å²) in [5.74, 6) is -0.360. The zero-order valence-corrected chi connectivity index (χ0v) is 14.4. The number of pyridine rings is 1. The lowest BCUT2D eigenvalue weighted by Crippen LogP contribution is -1.92. The monoisotopic (exact) mass is 371 g/mol. The number of benzene rings is 2. The van der Waals surface area contributed by atoms with Crippen molar-refractivity contribution in [3.63, 3.8) is 0 Å². The van der Waals surface area contributed by atoms with Crippen LogP contribution in [-0.4, -0.2) is 11.2 Å². The highest BCUT2D eigenvalue weighted by Gasteiger charge is 2.18. The fourth-order valence-electron chi connectivity index (χ4n) is 2.25. The molecule has 0 saturated carbocycles. The van der Waals surface area contributed by atoms with Gasteiger partial charge in [-0.1, -0.05) is 40.9 Å². The molecule has 0 N–H and O–H groups in total. The number of aromatic nitrogens is 1. The Hall–Kier alpha value is -1.000. The third-order valence-electron chi connectivity index (χ3n) is 3.24. The lowest BCUT2D eigenvalue weighted by molar-refractivity contribution is 0.629. The molecule has 0 aliphatic rings. The molecular formula is C16H9Cl3FNS. The van der Waals surface area contributed by atoms with Gasteiger partial charge in [-0.2, -0.15) is 0 Å². The molecule has 0 aliphatic heterocycles. The minimum atomic E-state index is -0.360. The Bertz CT molecular complexity index is 883. The molecule has 0 unspecified atom stereocenters. The van der Waals surface area contributed by atoms with E-state index in [1.54, 1.807) is 24.3 Å². The first kappa shape index (κ1) is 15.9. The Labute approximate surface area is 146 Å². The second-order valence-corrected chi connectivity index (χ2v) is 6.61. The van der Waals surface area contributed by atoms with Gasteiger partial charge in [0.05, 0.1) is 15.6 Å². The zero-order valence-electron chi connectivity index (χ0n) is 11.3. The van der Waals surface area contributed by atoms with E-state index in [2.05, 4.69) is 4.98 Å². The van der Waals surface area contributed by atoms with Gasteiger partial charge in [-0.05, 0) is 36.6 Å². The average Bonchev–Trinajstić information content (AvgIpc) is 2.49. The topological polar surface area (TPSA) is 12.9 Å². The van der Waals surface area contributed by atoms with Crippen LogP contribution in [0.4, 0.5) is 4.39 Å². The Morgan fingerprint density at radius 1 is 1.05 bits per heavy atom. The second kappa shape index (κ2) is 6.25. The largest absolute Gasteiger partial charge is 0.241 e. The molecule has 2 aromatic carbocycles. The molecule has 0 aliphatic carbocycles.